The largest absolute Gasteiger partial charge is 0.348 e. The Morgan fingerprint density at radius 2 is 1.96 bits per heavy atom. The van der Waals surface area contributed by atoms with E-state index in [0.29, 0.717) is 29.3 Å². The van der Waals surface area contributed by atoms with Gasteiger partial charge in [-0.2, -0.15) is 0 Å². The van der Waals surface area contributed by atoms with E-state index in [1.165, 1.54) is 17.4 Å². The van der Waals surface area contributed by atoms with Crippen LogP contribution in [0, 0.1) is 5.82 Å². The highest BCUT2D eigenvalue weighted by atomic mass is 79.9. The summed E-state index contributed by atoms with van der Waals surface area (Å²) in [6.45, 7) is 1.28. The number of rotatable bonds is 2. The summed E-state index contributed by atoms with van der Waals surface area (Å²) in [6.07, 6.45) is 0.400. The van der Waals surface area contributed by atoms with Crippen LogP contribution in [0.4, 0.5) is 4.39 Å². The fourth-order valence-electron chi connectivity index (χ4n) is 2.55. The molecular formula is C17H13BrFNO2S. The van der Waals surface area contributed by atoms with Crippen LogP contribution in [-0.2, 0) is 9.47 Å². The number of ether oxygens (including phenoxy) is 2. The van der Waals surface area contributed by atoms with Crippen LogP contribution in [0.5, 0.6) is 0 Å². The maximum atomic E-state index is 14.5. The van der Waals surface area contributed by atoms with Gasteiger partial charge in [0, 0.05) is 15.6 Å². The molecule has 3 nitrogen and oxygen atoms in total. The van der Waals surface area contributed by atoms with Gasteiger partial charge in [0.25, 0.3) is 0 Å². The number of benzene rings is 2. The van der Waals surface area contributed by atoms with E-state index < -0.39 is 6.29 Å². The minimum absolute atomic E-state index is 0.307. The van der Waals surface area contributed by atoms with E-state index in [4.69, 9.17) is 9.47 Å². The molecule has 118 valence electrons. The lowest BCUT2D eigenvalue weighted by atomic mass is 10.1. The van der Waals surface area contributed by atoms with Crippen molar-refractivity contribution in [1.29, 1.82) is 0 Å². The van der Waals surface area contributed by atoms with Crippen molar-refractivity contribution in [2.24, 2.45) is 0 Å². The summed E-state index contributed by atoms with van der Waals surface area (Å²) < 4.78 is 27.6. The van der Waals surface area contributed by atoms with Gasteiger partial charge >= 0.3 is 0 Å². The summed E-state index contributed by atoms with van der Waals surface area (Å²) >= 11 is 4.92. The van der Waals surface area contributed by atoms with E-state index in [1.807, 2.05) is 24.3 Å². The zero-order chi connectivity index (χ0) is 15.8. The lowest BCUT2D eigenvalue weighted by Crippen LogP contribution is -2.17. The van der Waals surface area contributed by atoms with E-state index in [-0.39, 0.29) is 5.82 Å². The van der Waals surface area contributed by atoms with Crippen LogP contribution in [-0.4, -0.2) is 18.2 Å². The third kappa shape index (κ3) is 3.04. The molecule has 1 aliphatic rings. The van der Waals surface area contributed by atoms with Crippen molar-refractivity contribution in [2.45, 2.75) is 12.7 Å². The molecule has 1 aromatic heterocycles. The molecular weight excluding hydrogens is 381 g/mol. The number of aromatic nitrogens is 1. The summed E-state index contributed by atoms with van der Waals surface area (Å²) in [5.74, 6) is -0.307. The molecule has 0 bridgehead atoms. The quantitative estimate of drug-likeness (QED) is 0.591. The average Bonchev–Trinajstić information content (AvgIpc) is 2.98. The Morgan fingerprint density at radius 3 is 2.74 bits per heavy atom. The molecule has 0 amide bonds. The van der Waals surface area contributed by atoms with Gasteiger partial charge in [-0.25, -0.2) is 9.37 Å². The standard InChI is InChI=1S/C17H13BrFNO2S/c18-11-3-5-14-15(9-11)23-16(20-14)12-4-2-10(8-13(12)19)17-21-6-1-7-22-17/h2-5,8-9,17H,1,6-7H2. The van der Waals surface area contributed by atoms with Gasteiger partial charge in [0.1, 0.15) is 10.8 Å². The van der Waals surface area contributed by atoms with Gasteiger partial charge < -0.3 is 9.47 Å². The number of thiazole rings is 1. The molecule has 6 heteroatoms. The molecule has 0 atom stereocenters. The number of hydrogen-bond donors (Lipinski definition) is 0. The minimum atomic E-state index is -0.473. The second-order valence-corrected chi connectivity index (χ2v) is 7.24. The highest BCUT2D eigenvalue weighted by molar-refractivity contribution is 9.10. The first kappa shape index (κ1) is 15.2. The maximum absolute atomic E-state index is 14.5. The number of fused-ring (bicyclic) bond motifs is 1. The van der Waals surface area contributed by atoms with Gasteiger partial charge in [-0.05, 0) is 36.8 Å². The van der Waals surface area contributed by atoms with E-state index >= 15 is 0 Å². The predicted molar refractivity (Wildman–Crippen MR) is 92.0 cm³/mol. The SMILES string of the molecule is Fc1cc(C2OCCCO2)ccc1-c1nc2ccc(Br)cc2s1. The van der Waals surface area contributed by atoms with E-state index in [2.05, 4.69) is 20.9 Å². The van der Waals surface area contributed by atoms with E-state index in [9.17, 15) is 4.39 Å². The fraction of sp³-hybridized carbons (Fsp3) is 0.235. The van der Waals surface area contributed by atoms with Crippen LogP contribution in [0.25, 0.3) is 20.8 Å². The van der Waals surface area contributed by atoms with Crippen molar-refractivity contribution >= 4 is 37.5 Å². The molecule has 1 fully saturated rings. The van der Waals surface area contributed by atoms with Gasteiger partial charge in [-0.1, -0.05) is 22.0 Å². The summed E-state index contributed by atoms with van der Waals surface area (Å²) in [5, 5.41) is 0.674. The monoisotopic (exact) mass is 393 g/mol. The molecule has 2 heterocycles. The number of halogens is 2. The lowest BCUT2D eigenvalue weighted by molar-refractivity contribution is -0.183. The normalized spacial score (nSPS) is 16.1. The van der Waals surface area contributed by atoms with Crippen molar-refractivity contribution in [1.82, 2.24) is 4.98 Å². The molecule has 23 heavy (non-hydrogen) atoms. The molecule has 4 rings (SSSR count). The van der Waals surface area contributed by atoms with Gasteiger partial charge in [-0.15, -0.1) is 11.3 Å². The summed E-state index contributed by atoms with van der Waals surface area (Å²) in [5.41, 5.74) is 2.08. The Labute approximate surface area is 145 Å². The highest BCUT2D eigenvalue weighted by Crippen LogP contribution is 2.34. The van der Waals surface area contributed by atoms with Gasteiger partial charge in [0.2, 0.25) is 0 Å². The molecule has 0 saturated carbocycles. The van der Waals surface area contributed by atoms with Crippen molar-refractivity contribution in [3.63, 3.8) is 0 Å². The fourth-order valence-corrected chi connectivity index (χ4v) is 4.09. The first-order valence-electron chi connectivity index (χ1n) is 7.30. The molecule has 0 radical (unpaired) electrons. The molecule has 0 unspecified atom stereocenters. The predicted octanol–water partition coefficient (Wildman–Crippen LogP) is 5.30. The van der Waals surface area contributed by atoms with Crippen molar-refractivity contribution in [2.75, 3.05) is 13.2 Å². The zero-order valence-corrected chi connectivity index (χ0v) is 14.5. The Balaban J connectivity index is 1.70. The van der Waals surface area contributed by atoms with Crippen LogP contribution in [0.3, 0.4) is 0 Å². The van der Waals surface area contributed by atoms with Crippen molar-refractivity contribution in [3.8, 4) is 10.6 Å². The topological polar surface area (TPSA) is 31.4 Å². The number of nitrogens with zero attached hydrogens (tertiary/aromatic N) is 1. The molecule has 0 N–H and O–H groups in total. The zero-order valence-electron chi connectivity index (χ0n) is 12.1. The molecule has 3 aromatic rings. The first-order valence-corrected chi connectivity index (χ1v) is 8.91. The van der Waals surface area contributed by atoms with Gasteiger partial charge in [-0.3, -0.25) is 0 Å². The molecule has 0 spiro atoms. The average molecular weight is 394 g/mol. The second-order valence-electron chi connectivity index (χ2n) is 5.30. The smallest absolute Gasteiger partial charge is 0.183 e. The van der Waals surface area contributed by atoms with Crippen molar-refractivity contribution in [3.05, 3.63) is 52.3 Å². The Hall–Kier alpha value is -1.34. The third-order valence-corrected chi connectivity index (χ3v) is 5.22. The second kappa shape index (κ2) is 6.28. The summed E-state index contributed by atoms with van der Waals surface area (Å²) in [6, 6.07) is 10.9. The van der Waals surface area contributed by atoms with Crippen LogP contribution in [0.2, 0.25) is 0 Å². The van der Waals surface area contributed by atoms with Gasteiger partial charge in [0.05, 0.1) is 23.4 Å². The summed E-state index contributed by atoms with van der Waals surface area (Å²) in [7, 11) is 0. The molecule has 2 aromatic carbocycles. The summed E-state index contributed by atoms with van der Waals surface area (Å²) in [4.78, 5) is 4.52. The third-order valence-electron chi connectivity index (χ3n) is 3.67. The molecule has 1 saturated heterocycles. The maximum Gasteiger partial charge on any atom is 0.183 e. The van der Waals surface area contributed by atoms with Crippen LogP contribution < -0.4 is 0 Å². The van der Waals surface area contributed by atoms with Gasteiger partial charge in [0.15, 0.2) is 6.29 Å². The Bertz CT molecular complexity index is 861. The highest BCUT2D eigenvalue weighted by Gasteiger charge is 2.19. The van der Waals surface area contributed by atoms with E-state index in [0.717, 1.165) is 21.1 Å². The first-order chi connectivity index (χ1) is 11.2. The lowest BCUT2D eigenvalue weighted by Gasteiger charge is -2.23. The Kier molecular flexibility index (Phi) is 4.15. The van der Waals surface area contributed by atoms with E-state index in [1.54, 1.807) is 6.07 Å². The number of hydrogen-bond acceptors (Lipinski definition) is 4. The van der Waals surface area contributed by atoms with Crippen LogP contribution in [0.1, 0.15) is 18.3 Å². The molecule has 1 aliphatic heterocycles. The van der Waals surface area contributed by atoms with Crippen molar-refractivity contribution < 1.29 is 13.9 Å². The minimum Gasteiger partial charge on any atom is -0.348 e. The molecule has 0 aliphatic carbocycles. The Morgan fingerprint density at radius 1 is 1.13 bits per heavy atom. The van der Waals surface area contributed by atoms with Crippen LogP contribution >= 0.6 is 27.3 Å². The van der Waals surface area contributed by atoms with Crippen LogP contribution in [0.15, 0.2) is 40.9 Å².